The molecule has 1 aliphatic rings. The maximum absolute atomic E-state index is 13.6. The minimum atomic E-state index is -0.573. The van der Waals surface area contributed by atoms with Crippen molar-refractivity contribution in [2.75, 3.05) is 6.54 Å². The maximum Gasteiger partial charge on any atom is 0.240 e. The summed E-state index contributed by atoms with van der Waals surface area (Å²) in [6.45, 7) is 4.42. The third-order valence-corrected chi connectivity index (χ3v) is 3.82. The summed E-state index contributed by atoms with van der Waals surface area (Å²) in [5, 5.41) is 6.00. The average molecular weight is 282 g/mol. The summed E-state index contributed by atoms with van der Waals surface area (Å²) in [6.07, 6.45) is 1.88. The van der Waals surface area contributed by atoms with Gasteiger partial charge in [-0.05, 0) is 51.8 Å². The molecule has 0 bridgehead atoms. The molecule has 1 aliphatic heterocycles. The molecule has 1 amide bonds. The van der Waals surface area contributed by atoms with Crippen molar-refractivity contribution in [2.24, 2.45) is 0 Å². The van der Waals surface area contributed by atoms with E-state index in [9.17, 15) is 13.6 Å². The fraction of sp³-hybridized carbons (Fsp3) is 0.533. The molecule has 2 N–H and O–H groups in total. The van der Waals surface area contributed by atoms with Crippen LogP contribution < -0.4 is 10.6 Å². The van der Waals surface area contributed by atoms with Crippen LogP contribution in [0.25, 0.3) is 0 Å². The van der Waals surface area contributed by atoms with Gasteiger partial charge in [0.1, 0.15) is 11.6 Å². The molecular formula is C15H20F2N2O. The molecule has 0 spiro atoms. The SMILES string of the molecule is CC(Cc1c(F)cccc1F)NC(=O)C1(C)CCCN1. The molecule has 2 atom stereocenters. The molecule has 1 fully saturated rings. The van der Waals surface area contributed by atoms with E-state index >= 15 is 0 Å². The zero-order chi connectivity index (χ0) is 14.8. The number of amides is 1. The molecule has 0 radical (unpaired) electrons. The van der Waals surface area contributed by atoms with Gasteiger partial charge in [-0.15, -0.1) is 0 Å². The Morgan fingerprint density at radius 1 is 1.45 bits per heavy atom. The number of hydrogen-bond acceptors (Lipinski definition) is 2. The molecule has 0 saturated carbocycles. The highest BCUT2D eigenvalue weighted by molar-refractivity contribution is 5.86. The van der Waals surface area contributed by atoms with Gasteiger partial charge in [-0.2, -0.15) is 0 Å². The zero-order valence-electron chi connectivity index (χ0n) is 11.8. The van der Waals surface area contributed by atoms with Crippen molar-refractivity contribution < 1.29 is 13.6 Å². The summed E-state index contributed by atoms with van der Waals surface area (Å²) >= 11 is 0. The maximum atomic E-state index is 13.6. The van der Waals surface area contributed by atoms with Gasteiger partial charge in [0.2, 0.25) is 5.91 Å². The van der Waals surface area contributed by atoms with Gasteiger partial charge >= 0.3 is 0 Å². The normalized spacial score (nSPS) is 23.6. The van der Waals surface area contributed by atoms with Crippen LogP contribution in [0.5, 0.6) is 0 Å². The van der Waals surface area contributed by atoms with Crippen molar-refractivity contribution in [2.45, 2.75) is 44.7 Å². The molecule has 0 aliphatic carbocycles. The second-order valence-corrected chi connectivity index (χ2v) is 5.64. The van der Waals surface area contributed by atoms with E-state index in [2.05, 4.69) is 10.6 Å². The standard InChI is InChI=1S/C15H20F2N2O/c1-10(9-11-12(16)5-3-6-13(11)17)19-14(20)15(2)7-4-8-18-15/h3,5-6,10,18H,4,7-9H2,1-2H3,(H,19,20). The van der Waals surface area contributed by atoms with E-state index in [-0.39, 0.29) is 23.9 Å². The molecule has 2 unspecified atom stereocenters. The largest absolute Gasteiger partial charge is 0.352 e. The number of nitrogens with one attached hydrogen (secondary N) is 2. The van der Waals surface area contributed by atoms with E-state index in [1.165, 1.54) is 18.2 Å². The topological polar surface area (TPSA) is 41.1 Å². The summed E-state index contributed by atoms with van der Waals surface area (Å²) in [5.41, 5.74) is -0.549. The summed E-state index contributed by atoms with van der Waals surface area (Å²) in [6, 6.07) is 3.47. The van der Waals surface area contributed by atoms with Crippen molar-refractivity contribution in [3.05, 3.63) is 35.4 Å². The van der Waals surface area contributed by atoms with Crippen molar-refractivity contribution >= 4 is 5.91 Å². The van der Waals surface area contributed by atoms with Crippen LogP contribution in [0.4, 0.5) is 8.78 Å². The van der Waals surface area contributed by atoms with E-state index in [1.807, 2.05) is 6.92 Å². The highest BCUT2D eigenvalue weighted by Crippen LogP contribution is 2.19. The van der Waals surface area contributed by atoms with Gasteiger partial charge in [-0.1, -0.05) is 6.07 Å². The second-order valence-electron chi connectivity index (χ2n) is 5.64. The number of hydrogen-bond donors (Lipinski definition) is 2. The Morgan fingerprint density at radius 3 is 2.65 bits per heavy atom. The Labute approximate surface area is 117 Å². The highest BCUT2D eigenvalue weighted by atomic mass is 19.1. The van der Waals surface area contributed by atoms with Crippen molar-refractivity contribution in [1.29, 1.82) is 0 Å². The van der Waals surface area contributed by atoms with Crippen LogP contribution >= 0.6 is 0 Å². The number of carbonyl (C=O) groups is 1. The van der Waals surface area contributed by atoms with Crippen molar-refractivity contribution in [3.8, 4) is 0 Å². The van der Waals surface area contributed by atoms with E-state index in [0.29, 0.717) is 0 Å². The molecule has 1 heterocycles. The first-order valence-corrected chi connectivity index (χ1v) is 6.91. The van der Waals surface area contributed by atoms with Crippen LogP contribution in [0.2, 0.25) is 0 Å². The highest BCUT2D eigenvalue weighted by Gasteiger charge is 2.36. The summed E-state index contributed by atoms with van der Waals surface area (Å²) in [7, 11) is 0. The van der Waals surface area contributed by atoms with Gasteiger partial charge in [0.05, 0.1) is 5.54 Å². The number of halogens is 2. The summed E-state index contributed by atoms with van der Waals surface area (Å²) < 4.78 is 27.1. The van der Waals surface area contributed by atoms with Gasteiger partial charge in [0, 0.05) is 11.6 Å². The molecular weight excluding hydrogens is 262 g/mol. The van der Waals surface area contributed by atoms with Crippen LogP contribution in [0, 0.1) is 11.6 Å². The fourth-order valence-electron chi connectivity index (χ4n) is 2.56. The molecule has 0 aromatic heterocycles. The molecule has 110 valence electrons. The first kappa shape index (κ1) is 14.9. The lowest BCUT2D eigenvalue weighted by Gasteiger charge is -2.25. The minimum absolute atomic E-state index is 0.0184. The lowest BCUT2D eigenvalue weighted by Crippen LogP contribution is -2.53. The first-order chi connectivity index (χ1) is 9.42. The predicted octanol–water partition coefficient (Wildman–Crippen LogP) is 2.15. The number of benzene rings is 1. The predicted molar refractivity (Wildman–Crippen MR) is 73.3 cm³/mol. The monoisotopic (exact) mass is 282 g/mol. The van der Waals surface area contributed by atoms with Gasteiger partial charge in [-0.3, -0.25) is 4.79 Å². The fourth-order valence-corrected chi connectivity index (χ4v) is 2.56. The van der Waals surface area contributed by atoms with E-state index in [1.54, 1.807) is 6.92 Å². The molecule has 5 heteroatoms. The lowest BCUT2D eigenvalue weighted by atomic mass is 9.98. The Hall–Kier alpha value is -1.49. The summed E-state index contributed by atoms with van der Waals surface area (Å²) in [5.74, 6) is -1.26. The van der Waals surface area contributed by atoms with Crippen LogP contribution in [0.15, 0.2) is 18.2 Å². The second kappa shape index (κ2) is 5.87. The Balaban J connectivity index is 1.99. The summed E-state index contributed by atoms with van der Waals surface area (Å²) in [4.78, 5) is 12.2. The van der Waals surface area contributed by atoms with Crippen LogP contribution in [-0.4, -0.2) is 24.0 Å². The molecule has 1 saturated heterocycles. The molecule has 1 aromatic carbocycles. The van der Waals surface area contributed by atoms with Crippen molar-refractivity contribution in [1.82, 2.24) is 10.6 Å². The lowest BCUT2D eigenvalue weighted by molar-refractivity contribution is -0.127. The van der Waals surface area contributed by atoms with Crippen LogP contribution in [0.1, 0.15) is 32.3 Å². The van der Waals surface area contributed by atoms with E-state index in [4.69, 9.17) is 0 Å². The average Bonchev–Trinajstić information content (AvgIpc) is 2.82. The first-order valence-electron chi connectivity index (χ1n) is 6.91. The zero-order valence-corrected chi connectivity index (χ0v) is 11.8. The minimum Gasteiger partial charge on any atom is -0.352 e. The van der Waals surface area contributed by atoms with Gasteiger partial charge in [-0.25, -0.2) is 8.78 Å². The van der Waals surface area contributed by atoms with Gasteiger partial charge in [0.25, 0.3) is 0 Å². The van der Waals surface area contributed by atoms with E-state index in [0.717, 1.165) is 19.4 Å². The quantitative estimate of drug-likeness (QED) is 0.888. The number of rotatable bonds is 4. The molecule has 2 rings (SSSR count). The molecule has 3 nitrogen and oxygen atoms in total. The van der Waals surface area contributed by atoms with Gasteiger partial charge < -0.3 is 10.6 Å². The molecule has 1 aromatic rings. The number of carbonyl (C=O) groups excluding carboxylic acids is 1. The third kappa shape index (κ3) is 3.15. The Kier molecular flexibility index (Phi) is 4.38. The van der Waals surface area contributed by atoms with Gasteiger partial charge in [0.15, 0.2) is 0 Å². The Bertz CT molecular complexity index is 478. The smallest absolute Gasteiger partial charge is 0.240 e. The van der Waals surface area contributed by atoms with Crippen molar-refractivity contribution in [3.63, 3.8) is 0 Å². The van der Waals surface area contributed by atoms with Crippen LogP contribution in [0.3, 0.4) is 0 Å². The Morgan fingerprint density at radius 2 is 2.10 bits per heavy atom. The van der Waals surface area contributed by atoms with Crippen LogP contribution in [-0.2, 0) is 11.2 Å². The van der Waals surface area contributed by atoms with E-state index < -0.39 is 17.2 Å². The molecule has 20 heavy (non-hydrogen) atoms. The third-order valence-electron chi connectivity index (χ3n) is 3.82.